The van der Waals surface area contributed by atoms with Gasteiger partial charge in [-0.1, -0.05) is 0 Å². The second kappa shape index (κ2) is 6.17. The Hall–Kier alpha value is -2.13. The largest absolute Gasteiger partial charge is 0.383 e. The molecule has 0 aliphatic carbocycles. The molecule has 0 bridgehead atoms. The van der Waals surface area contributed by atoms with Crippen LogP contribution < -0.4 is 21.0 Å². The van der Waals surface area contributed by atoms with E-state index in [9.17, 15) is 9.59 Å². The van der Waals surface area contributed by atoms with Crippen molar-refractivity contribution in [1.29, 1.82) is 0 Å². The van der Waals surface area contributed by atoms with E-state index in [1.54, 1.807) is 14.2 Å². The van der Waals surface area contributed by atoms with Crippen LogP contribution in [0.15, 0.2) is 9.59 Å². The summed E-state index contributed by atoms with van der Waals surface area (Å²) in [4.78, 5) is 34.7. The number of hydrogen-bond acceptors (Lipinski definition) is 5. The molecule has 3 rings (SSSR count). The minimum atomic E-state index is -0.451. The molecule has 2 aromatic heterocycles. The summed E-state index contributed by atoms with van der Waals surface area (Å²) in [7, 11) is 5.41. The van der Waals surface area contributed by atoms with E-state index in [4.69, 9.17) is 4.74 Å². The highest BCUT2D eigenvalue weighted by Gasteiger charge is 2.24. The molecule has 0 atom stereocenters. The number of imidazole rings is 1. The molecular weight excluding hydrogens is 300 g/mol. The number of nitrogens with zero attached hydrogens (tertiary/aromatic N) is 4. The highest BCUT2D eigenvalue weighted by atomic mass is 16.5. The van der Waals surface area contributed by atoms with E-state index in [0.29, 0.717) is 24.3 Å². The van der Waals surface area contributed by atoms with Gasteiger partial charge in [-0.05, 0) is 0 Å². The summed E-state index contributed by atoms with van der Waals surface area (Å²) in [6.07, 6.45) is 0. The molecule has 23 heavy (non-hydrogen) atoms. The van der Waals surface area contributed by atoms with E-state index >= 15 is 0 Å². The molecule has 0 saturated carbocycles. The number of piperazine rings is 1. The Balaban J connectivity index is 2.16. The van der Waals surface area contributed by atoms with Crippen LogP contribution in [0.4, 0.5) is 5.95 Å². The molecule has 1 aliphatic rings. The van der Waals surface area contributed by atoms with Crippen molar-refractivity contribution in [1.82, 2.24) is 19.1 Å². The Morgan fingerprint density at radius 2 is 2.00 bits per heavy atom. The maximum atomic E-state index is 12.3. The van der Waals surface area contributed by atoms with Crippen LogP contribution in [0.3, 0.4) is 0 Å². The number of aromatic amines is 1. The second-order valence-corrected chi connectivity index (χ2v) is 5.99. The Bertz CT molecular complexity index is 812. The normalized spacial score (nSPS) is 16.4. The molecule has 2 aromatic rings. The van der Waals surface area contributed by atoms with Crippen molar-refractivity contribution in [3.05, 3.63) is 20.8 Å². The minimum absolute atomic E-state index is 0.405. The fraction of sp³-hybridized carbons (Fsp3) is 0.643. The lowest BCUT2D eigenvalue weighted by molar-refractivity contribution is -0.880. The fourth-order valence-electron chi connectivity index (χ4n) is 2.95. The predicted octanol–water partition coefficient (Wildman–Crippen LogP) is -2.60. The molecule has 1 fully saturated rings. The molecule has 0 amide bonds. The second-order valence-electron chi connectivity index (χ2n) is 5.99. The number of hydrogen-bond donors (Lipinski definition) is 2. The number of aryl methyl sites for hydroxylation is 1. The zero-order valence-corrected chi connectivity index (χ0v) is 13.8. The zero-order valence-electron chi connectivity index (χ0n) is 13.8. The highest BCUT2D eigenvalue weighted by Crippen LogP contribution is 2.19. The molecule has 9 nitrogen and oxygen atoms in total. The van der Waals surface area contributed by atoms with Gasteiger partial charge in [0.1, 0.15) is 0 Å². The topological polar surface area (TPSA) is 89.6 Å². The van der Waals surface area contributed by atoms with E-state index in [2.05, 4.69) is 21.9 Å². The molecule has 0 aromatic carbocycles. The number of fused-ring (bicyclic) bond motifs is 1. The van der Waals surface area contributed by atoms with Gasteiger partial charge in [-0.25, -0.2) is 4.79 Å². The number of anilines is 1. The summed E-state index contributed by atoms with van der Waals surface area (Å²) in [6.45, 7) is 4.76. The van der Waals surface area contributed by atoms with Gasteiger partial charge in [-0.15, -0.1) is 0 Å². The first kappa shape index (κ1) is 15.8. The molecule has 126 valence electrons. The average molecular weight is 323 g/mol. The maximum Gasteiger partial charge on any atom is 0.329 e. The number of rotatable bonds is 4. The summed E-state index contributed by atoms with van der Waals surface area (Å²) in [5.74, 6) is 0.733. The number of quaternary nitrogens is 1. The molecule has 9 heteroatoms. The van der Waals surface area contributed by atoms with Gasteiger partial charge in [-0.2, -0.15) is 4.98 Å². The van der Waals surface area contributed by atoms with Crippen molar-refractivity contribution < 1.29 is 9.64 Å². The molecular formula is C14H23N6O3+. The van der Waals surface area contributed by atoms with Crippen LogP contribution in [-0.4, -0.2) is 66.0 Å². The van der Waals surface area contributed by atoms with Crippen molar-refractivity contribution in [2.45, 2.75) is 6.54 Å². The summed E-state index contributed by atoms with van der Waals surface area (Å²) < 4.78 is 8.40. The van der Waals surface area contributed by atoms with Crippen LogP contribution >= 0.6 is 0 Å². The van der Waals surface area contributed by atoms with Crippen LogP contribution in [0.1, 0.15) is 0 Å². The van der Waals surface area contributed by atoms with Gasteiger partial charge in [0.25, 0.3) is 5.56 Å². The lowest BCUT2D eigenvalue weighted by atomic mass is 10.3. The number of ether oxygens (including phenoxy) is 1. The van der Waals surface area contributed by atoms with Gasteiger partial charge >= 0.3 is 5.69 Å². The molecule has 0 spiro atoms. The zero-order chi connectivity index (χ0) is 16.6. The first-order chi connectivity index (χ1) is 11.0. The number of aromatic nitrogens is 4. The number of H-pyrrole nitrogens is 1. The summed E-state index contributed by atoms with van der Waals surface area (Å²) >= 11 is 0. The molecule has 0 unspecified atom stereocenters. The third kappa shape index (κ3) is 2.77. The third-order valence-corrected chi connectivity index (χ3v) is 4.41. The number of methoxy groups -OCH3 is 1. The molecule has 1 aliphatic heterocycles. The summed E-state index contributed by atoms with van der Waals surface area (Å²) in [6, 6.07) is 0. The van der Waals surface area contributed by atoms with Crippen molar-refractivity contribution in [2.24, 2.45) is 7.05 Å². The van der Waals surface area contributed by atoms with E-state index in [-0.39, 0.29) is 0 Å². The molecule has 0 radical (unpaired) electrons. The van der Waals surface area contributed by atoms with E-state index < -0.39 is 11.2 Å². The molecule has 3 heterocycles. The van der Waals surface area contributed by atoms with Gasteiger partial charge in [0.2, 0.25) is 5.95 Å². The standard InChI is InChI=1S/C14H22N6O3/c1-17-4-6-19(7-5-17)13-15-11-10(20(13)8-9-23-3)12(21)16-14(22)18(11)2/h4-9H2,1-3H3,(H,16,21,22)/p+1. The Kier molecular flexibility index (Phi) is 4.22. The number of likely N-dealkylation sites (N-methyl/N-ethyl adjacent to an activating group) is 1. The van der Waals surface area contributed by atoms with Crippen molar-refractivity contribution in [3.63, 3.8) is 0 Å². The van der Waals surface area contributed by atoms with Gasteiger partial charge in [-0.3, -0.25) is 14.3 Å². The maximum absolute atomic E-state index is 12.3. The van der Waals surface area contributed by atoms with Gasteiger partial charge in [0.05, 0.1) is 39.8 Å². The molecule has 1 saturated heterocycles. The monoisotopic (exact) mass is 323 g/mol. The minimum Gasteiger partial charge on any atom is -0.383 e. The van der Waals surface area contributed by atoms with Crippen LogP contribution in [0.2, 0.25) is 0 Å². The quantitative estimate of drug-likeness (QED) is 0.644. The van der Waals surface area contributed by atoms with E-state index in [0.717, 1.165) is 32.1 Å². The molecule has 2 N–H and O–H groups in total. The van der Waals surface area contributed by atoms with Crippen LogP contribution in [0.25, 0.3) is 11.2 Å². The Morgan fingerprint density at radius 1 is 1.30 bits per heavy atom. The first-order valence-electron chi connectivity index (χ1n) is 7.77. The van der Waals surface area contributed by atoms with Crippen LogP contribution in [0.5, 0.6) is 0 Å². The Labute approximate surface area is 133 Å². The van der Waals surface area contributed by atoms with E-state index in [1.807, 2.05) is 4.57 Å². The van der Waals surface area contributed by atoms with E-state index in [1.165, 1.54) is 9.47 Å². The first-order valence-corrected chi connectivity index (χ1v) is 7.77. The lowest BCUT2D eigenvalue weighted by Gasteiger charge is -2.31. The van der Waals surface area contributed by atoms with Crippen molar-refractivity contribution >= 4 is 17.1 Å². The SMILES string of the molecule is COCCn1c(N2CC[NH+](C)CC2)nc2c1c(=O)[nH]c(=O)n2C. The fourth-order valence-corrected chi connectivity index (χ4v) is 2.95. The van der Waals surface area contributed by atoms with Crippen LogP contribution in [-0.2, 0) is 18.3 Å². The van der Waals surface area contributed by atoms with Crippen molar-refractivity contribution in [2.75, 3.05) is 51.8 Å². The summed E-state index contributed by atoms with van der Waals surface area (Å²) in [5, 5.41) is 0. The van der Waals surface area contributed by atoms with Crippen molar-refractivity contribution in [3.8, 4) is 0 Å². The smallest absolute Gasteiger partial charge is 0.329 e. The third-order valence-electron chi connectivity index (χ3n) is 4.41. The van der Waals surface area contributed by atoms with Gasteiger partial charge < -0.3 is 19.1 Å². The highest BCUT2D eigenvalue weighted by molar-refractivity contribution is 5.74. The number of nitrogens with one attached hydrogen (secondary N) is 2. The van der Waals surface area contributed by atoms with Crippen LogP contribution in [0, 0.1) is 0 Å². The lowest BCUT2D eigenvalue weighted by Crippen LogP contribution is -3.12. The predicted molar refractivity (Wildman–Crippen MR) is 86.3 cm³/mol. The van der Waals surface area contributed by atoms with Gasteiger partial charge in [0.15, 0.2) is 11.2 Å². The summed E-state index contributed by atoms with van der Waals surface area (Å²) in [5.41, 5.74) is -0.0208. The van der Waals surface area contributed by atoms with Gasteiger partial charge in [0, 0.05) is 20.7 Å². The Morgan fingerprint density at radius 3 is 2.65 bits per heavy atom. The average Bonchev–Trinajstić information content (AvgIpc) is 2.91.